The van der Waals surface area contributed by atoms with E-state index in [9.17, 15) is 4.79 Å². The molecule has 2 N–H and O–H groups in total. The van der Waals surface area contributed by atoms with E-state index >= 15 is 0 Å². The quantitative estimate of drug-likeness (QED) is 0.836. The Morgan fingerprint density at radius 2 is 2.29 bits per heavy atom. The molecule has 1 aliphatic rings. The van der Waals surface area contributed by atoms with Gasteiger partial charge in [0.15, 0.2) is 0 Å². The Kier molecular flexibility index (Phi) is 3.29. The number of carbonyl (C=O) groups excluding carboxylic acids is 1. The summed E-state index contributed by atoms with van der Waals surface area (Å²) in [4.78, 5) is 11.8. The summed E-state index contributed by atoms with van der Waals surface area (Å²) in [5.41, 5.74) is 1.94. The van der Waals surface area contributed by atoms with Gasteiger partial charge in [0.1, 0.15) is 12.1 Å². The highest BCUT2D eigenvalue weighted by Gasteiger charge is 2.26. The van der Waals surface area contributed by atoms with Crippen LogP contribution in [0.15, 0.2) is 18.2 Å². The fourth-order valence-electron chi connectivity index (χ4n) is 1.98. The van der Waals surface area contributed by atoms with Crippen LogP contribution in [0.4, 0.5) is 11.4 Å². The van der Waals surface area contributed by atoms with Gasteiger partial charge >= 0.3 is 0 Å². The van der Waals surface area contributed by atoms with Crippen LogP contribution >= 0.6 is 0 Å². The van der Waals surface area contributed by atoms with Crippen molar-refractivity contribution < 1.29 is 4.79 Å². The van der Waals surface area contributed by atoms with Gasteiger partial charge in [-0.2, -0.15) is 5.26 Å². The molecule has 0 saturated carbocycles. The number of carbonyl (C=O) groups is 1. The third-order valence-corrected chi connectivity index (χ3v) is 2.93. The van der Waals surface area contributed by atoms with Gasteiger partial charge in [0, 0.05) is 0 Å². The van der Waals surface area contributed by atoms with Crippen molar-refractivity contribution in [1.29, 1.82) is 5.26 Å². The van der Waals surface area contributed by atoms with Crippen molar-refractivity contribution in [2.75, 3.05) is 10.6 Å². The van der Waals surface area contributed by atoms with Crippen LogP contribution in [-0.2, 0) is 4.79 Å². The second kappa shape index (κ2) is 4.88. The number of nitrogens with zero attached hydrogens (tertiary/aromatic N) is 1. The van der Waals surface area contributed by atoms with Crippen molar-refractivity contribution in [1.82, 2.24) is 0 Å². The molecule has 1 atom stereocenters. The van der Waals surface area contributed by atoms with Crippen LogP contribution in [-0.4, -0.2) is 11.9 Å². The second-order valence-corrected chi connectivity index (χ2v) is 4.17. The standard InChI is InChI=1S/C13H15N3O/c1-2-3-6-11-13(17)16-12-9(8-14)5-4-7-10(12)15-11/h4-5,7,11,15H,2-3,6H2,1H3,(H,16,17). The van der Waals surface area contributed by atoms with E-state index in [4.69, 9.17) is 5.26 Å². The molecule has 0 saturated heterocycles. The second-order valence-electron chi connectivity index (χ2n) is 4.17. The molecular weight excluding hydrogens is 214 g/mol. The van der Waals surface area contributed by atoms with E-state index in [2.05, 4.69) is 23.6 Å². The van der Waals surface area contributed by atoms with Crippen LogP contribution in [0.1, 0.15) is 31.7 Å². The number of para-hydroxylation sites is 1. The predicted molar refractivity (Wildman–Crippen MR) is 66.7 cm³/mol. The van der Waals surface area contributed by atoms with E-state index < -0.39 is 0 Å². The number of nitrogens with one attached hydrogen (secondary N) is 2. The molecule has 4 nitrogen and oxygen atoms in total. The minimum atomic E-state index is -0.184. The Hall–Kier alpha value is -2.02. The van der Waals surface area contributed by atoms with Crippen LogP contribution in [0.2, 0.25) is 0 Å². The Labute approximate surface area is 101 Å². The lowest BCUT2D eigenvalue weighted by Crippen LogP contribution is -2.39. The SMILES string of the molecule is CCCCC1Nc2cccc(C#N)c2NC1=O. The largest absolute Gasteiger partial charge is 0.372 e. The molecule has 0 bridgehead atoms. The zero-order valence-electron chi connectivity index (χ0n) is 9.79. The minimum Gasteiger partial charge on any atom is -0.372 e. The van der Waals surface area contributed by atoms with Crippen LogP contribution < -0.4 is 10.6 Å². The number of benzene rings is 1. The third-order valence-electron chi connectivity index (χ3n) is 2.93. The maximum atomic E-state index is 11.8. The fraction of sp³-hybridized carbons (Fsp3) is 0.385. The van der Waals surface area contributed by atoms with Crippen LogP contribution in [0.5, 0.6) is 0 Å². The van der Waals surface area contributed by atoms with E-state index in [1.165, 1.54) is 0 Å². The van der Waals surface area contributed by atoms with Gasteiger partial charge in [0.25, 0.3) is 0 Å². The van der Waals surface area contributed by atoms with E-state index in [0.29, 0.717) is 11.3 Å². The number of anilines is 2. The topological polar surface area (TPSA) is 64.9 Å². The molecule has 1 unspecified atom stereocenters. The van der Waals surface area contributed by atoms with Crippen molar-refractivity contribution in [2.24, 2.45) is 0 Å². The Morgan fingerprint density at radius 1 is 1.47 bits per heavy atom. The summed E-state index contributed by atoms with van der Waals surface area (Å²) in [6.07, 6.45) is 2.90. The summed E-state index contributed by atoms with van der Waals surface area (Å²) in [5, 5.41) is 15.0. The van der Waals surface area contributed by atoms with Gasteiger partial charge in [-0.25, -0.2) is 0 Å². The molecule has 0 aliphatic carbocycles. The van der Waals surface area contributed by atoms with Crippen molar-refractivity contribution in [3.05, 3.63) is 23.8 Å². The molecule has 1 aromatic carbocycles. The van der Waals surface area contributed by atoms with Crippen LogP contribution in [0.25, 0.3) is 0 Å². The minimum absolute atomic E-state index is 0.0475. The molecule has 17 heavy (non-hydrogen) atoms. The number of fused-ring (bicyclic) bond motifs is 1. The summed E-state index contributed by atoms with van der Waals surface area (Å²) in [7, 11) is 0. The molecule has 1 aromatic rings. The molecular formula is C13H15N3O. The molecule has 0 radical (unpaired) electrons. The van der Waals surface area contributed by atoms with Gasteiger partial charge < -0.3 is 10.6 Å². The maximum absolute atomic E-state index is 11.8. The molecule has 0 spiro atoms. The van der Waals surface area contributed by atoms with Crippen molar-refractivity contribution >= 4 is 17.3 Å². The number of unbranched alkanes of at least 4 members (excludes halogenated alkanes) is 1. The van der Waals surface area contributed by atoms with Gasteiger partial charge in [-0.05, 0) is 18.6 Å². The molecule has 4 heteroatoms. The summed E-state index contributed by atoms with van der Waals surface area (Å²) in [6, 6.07) is 7.30. The first-order valence-electron chi connectivity index (χ1n) is 5.86. The van der Waals surface area contributed by atoms with Crippen LogP contribution in [0, 0.1) is 11.3 Å². The van der Waals surface area contributed by atoms with Gasteiger partial charge in [-0.15, -0.1) is 0 Å². The molecule has 1 amide bonds. The lowest BCUT2D eigenvalue weighted by molar-refractivity contribution is -0.117. The first-order valence-corrected chi connectivity index (χ1v) is 5.86. The average Bonchev–Trinajstić information content (AvgIpc) is 2.35. The fourth-order valence-corrected chi connectivity index (χ4v) is 1.98. The van der Waals surface area contributed by atoms with Crippen molar-refractivity contribution in [2.45, 2.75) is 32.2 Å². The van der Waals surface area contributed by atoms with Gasteiger partial charge in [0.2, 0.25) is 5.91 Å². The number of hydrogen-bond acceptors (Lipinski definition) is 3. The highest BCUT2D eigenvalue weighted by Crippen LogP contribution is 2.30. The van der Waals surface area contributed by atoms with E-state index in [-0.39, 0.29) is 11.9 Å². The first kappa shape index (κ1) is 11.5. The van der Waals surface area contributed by atoms with E-state index in [1.54, 1.807) is 6.07 Å². The van der Waals surface area contributed by atoms with E-state index in [0.717, 1.165) is 24.9 Å². The van der Waals surface area contributed by atoms with Gasteiger partial charge in [-0.1, -0.05) is 25.8 Å². The van der Waals surface area contributed by atoms with E-state index in [1.807, 2.05) is 12.1 Å². The molecule has 0 fully saturated rings. The normalized spacial score (nSPS) is 17.6. The number of nitriles is 1. The predicted octanol–water partition coefficient (Wildman–Crippen LogP) is 2.48. The molecule has 0 aromatic heterocycles. The summed E-state index contributed by atoms with van der Waals surface area (Å²) in [5.74, 6) is -0.0475. The maximum Gasteiger partial charge on any atom is 0.246 e. The van der Waals surface area contributed by atoms with Crippen molar-refractivity contribution in [3.8, 4) is 6.07 Å². The van der Waals surface area contributed by atoms with Gasteiger partial charge in [-0.3, -0.25) is 4.79 Å². The van der Waals surface area contributed by atoms with Gasteiger partial charge in [0.05, 0.1) is 16.9 Å². The first-order chi connectivity index (χ1) is 8.26. The highest BCUT2D eigenvalue weighted by molar-refractivity contribution is 6.04. The molecule has 1 aliphatic heterocycles. The van der Waals surface area contributed by atoms with Crippen LogP contribution in [0.3, 0.4) is 0 Å². The lowest BCUT2D eigenvalue weighted by atomic mass is 10.0. The summed E-state index contributed by atoms with van der Waals surface area (Å²) in [6.45, 7) is 2.10. The number of rotatable bonds is 3. The Morgan fingerprint density at radius 3 is 3.00 bits per heavy atom. The smallest absolute Gasteiger partial charge is 0.246 e. The third kappa shape index (κ3) is 2.23. The van der Waals surface area contributed by atoms with Crippen molar-refractivity contribution in [3.63, 3.8) is 0 Å². The Bertz CT molecular complexity index is 476. The zero-order valence-corrected chi connectivity index (χ0v) is 9.79. The summed E-state index contributed by atoms with van der Waals surface area (Å²) < 4.78 is 0. The lowest BCUT2D eigenvalue weighted by Gasteiger charge is -2.27. The molecule has 1 heterocycles. The molecule has 88 valence electrons. The molecule has 2 rings (SSSR count). The highest BCUT2D eigenvalue weighted by atomic mass is 16.2. The average molecular weight is 229 g/mol. The number of hydrogen-bond donors (Lipinski definition) is 2. The monoisotopic (exact) mass is 229 g/mol. The summed E-state index contributed by atoms with van der Waals surface area (Å²) >= 11 is 0. The Balaban J connectivity index is 2.24. The number of amides is 1. The zero-order chi connectivity index (χ0) is 12.3.